The molecule has 7 nitrogen and oxygen atoms in total. The molecule has 0 aliphatic rings. The van der Waals surface area contributed by atoms with Gasteiger partial charge in [0.2, 0.25) is 0 Å². The average Bonchev–Trinajstić information content (AvgIpc) is 2.65. The van der Waals surface area contributed by atoms with Crippen molar-refractivity contribution < 1.29 is 28.6 Å². The lowest BCUT2D eigenvalue weighted by molar-refractivity contribution is -0.145. The zero-order valence-electron chi connectivity index (χ0n) is 19.0. The molecule has 0 amide bonds. The predicted octanol–water partition coefficient (Wildman–Crippen LogP) is 3.05. The van der Waals surface area contributed by atoms with E-state index in [1.165, 1.54) is 21.3 Å². The number of ether oxygens (including phenoxy) is 3. The van der Waals surface area contributed by atoms with E-state index in [1.54, 1.807) is 0 Å². The fourth-order valence-corrected chi connectivity index (χ4v) is 4.10. The molecule has 0 fully saturated rings. The number of esters is 3. The van der Waals surface area contributed by atoms with Crippen molar-refractivity contribution >= 4 is 17.9 Å². The summed E-state index contributed by atoms with van der Waals surface area (Å²) in [6.07, 6.45) is 1.88. The van der Waals surface area contributed by atoms with E-state index in [1.807, 2.05) is 20.8 Å². The maximum atomic E-state index is 11.9. The Labute approximate surface area is 170 Å². The molecular formula is C21H39NO6. The van der Waals surface area contributed by atoms with Crippen LogP contribution in [0.4, 0.5) is 0 Å². The molecule has 0 aliphatic heterocycles. The molecule has 0 saturated heterocycles. The minimum atomic E-state index is -0.238. The van der Waals surface area contributed by atoms with Crippen LogP contribution in [0.1, 0.15) is 60.8 Å². The predicted molar refractivity (Wildman–Crippen MR) is 108 cm³/mol. The number of methoxy groups -OCH3 is 3. The lowest BCUT2D eigenvalue weighted by Crippen LogP contribution is -2.49. The van der Waals surface area contributed by atoms with Crippen molar-refractivity contribution in [3.63, 3.8) is 0 Å². The number of hydrogen-bond donors (Lipinski definition) is 0. The van der Waals surface area contributed by atoms with Crippen LogP contribution in [0.3, 0.4) is 0 Å². The van der Waals surface area contributed by atoms with E-state index in [4.69, 9.17) is 14.2 Å². The Bertz CT molecular complexity index is 438. The minimum absolute atomic E-state index is 0.0637. The number of hydrogen-bond acceptors (Lipinski definition) is 7. The molecule has 0 bridgehead atoms. The fourth-order valence-electron chi connectivity index (χ4n) is 4.10. The van der Waals surface area contributed by atoms with Crippen LogP contribution in [-0.2, 0) is 28.6 Å². The Morgan fingerprint density at radius 3 is 0.964 bits per heavy atom. The maximum Gasteiger partial charge on any atom is 0.308 e. The van der Waals surface area contributed by atoms with Crippen molar-refractivity contribution in [2.45, 2.75) is 78.9 Å². The van der Waals surface area contributed by atoms with Crippen molar-refractivity contribution in [2.75, 3.05) is 21.3 Å². The molecule has 0 radical (unpaired) electrons. The van der Waals surface area contributed by atoms with Crippen LogP contribution in [0.15, 0.2) is 0 Å². The molecule has 0 aromatic heterocycles. The van der Waals surface area contributed by atoms with Gasteiger partial charge < -0.3 is 14.2 Å². The molecule has 7 heteroatoms. The first-order valence-electron chi connectivity index (χ1n) is 10.0. The highest BCUT2D eigenvalue weighted by Crippen LogP contribution is 2.25. The molecule has 0 aromatic carbocycles. The third-order valence-corrected chi connectivity index (χ3v) is 5.42. The number of carbonyl (C=O) groups is 3. The van der Waals surface area contributed by atoms with Crippen LogP contribution in [0, 0.1) is 17.8 Å². The molecule has 28 heavy (non-hydrogen) atoms. The Morgan fingerprint density at radius 1 is 0.571 bits per heavy atom. The van der Waals surface area contributed by atoms with Crippen molar-refractivity contribution in [3.8, 4) is 0 Å². The summed E-state index contributed by atoms with van der Waals surface area (Å²) in [6.45, 7) is 11.8. The van der Waals surface area contributed by atoms with Gasteiger partial charge in [0.25, 0.3) is 0 Å². The standard InChI is InChI=1S/C21H39NO6/c1-13(19(23)26-7)10-16(4)22(17(5)11-14(2)20(24)27-8)18(6)12-15(3)21(25)28-9/h13-18H,10-12H2,1-9H3. The zero-order valence-corrected chi connectivity index (χ0v) is 19.0. The van der Waals surface area contributed by atoms with E-state index in [9.17, 15) is 14.4 Å². The molecule has 164 valence electrons. The van der Waals surface area contributed by atoms with Crippen LogP contribution in [0.2, 0.25) is 0 Å². The van der Waals surface area contributed by atoms with Gasteiger partial charge in [-0.15, -0.1) is 0 Å². The summed E-state index contributed by atoms with van der Waals surface area (Å²) >= 11 is 0. The number of nitrogens with zero attached hydrogens (tertiary/aromatic N) is 1. The molecule has 0 N–H and O–H groups in total. The number of rotatable bonds is 12. The molecule has 0 rings (SSSR count). The Hall–Kier alpha value is -1.63. The van der Waals surface area contributed by atoms with Gasteiger partial charge in [-0.2, -0.15) is 0 Å². The second-order valence-corrected chi connectivity index (χ2v) is 7.97. The van der Waals surface area contributed by atoms with E-state index < -0.39 is 0 Å². The third-order valence-electron chi connectivity index (χ3n) is 5.42. The molecule has 0 aliphatic carbocycles. The molecule has 6 atom stereocenters. The summed E-state index contributed by atoms with van der Waals surface area (Å²) in [6, 6.07) is 0.191. The first-order chi connectivity index (χ1) is 13.0. The van der Waals surface area contributed by atoms with E-state index in [-0.39, 0.29) is 53.8 Å². The quantitative estimate of drug-likeness (QED) is 0.367. The van der Waals surface area contributed by atoms with Gasteiger partial charge in [-0.05, 0) is 40.0 Å². The molecular weight excluding hydrogens is 362 g/mol. The molecule has 6 unspecified atom stereocenters. The summed E-state index contributed by atoms with van der Waals surface area (Å²) in [4.78, 5) is 37.9. The SMILES string of the molecule is COC(=O)C(C)CC(C)N(C(C)CC(C)C(=O)OC)C(C)CC(C)C(=O)OC. The van der Waals surface area contributed by atoms with Gasteiger partial charge in [0.1, 0.15) is 0 Å². The van der Waals surface area contributed by atoms with Crippen LogP contribution in [0.5, 0.6) is 0 Å². The first-order valence-corrected chi connectivity index (χ1v) is 10.0. The monoisotopic (exact) mass is 401 g/mol. The maximum absolute atomic E-state index is 11.9. The highest BCUT2D eigenvalue weighted by atomic mass is 16.5. The normalized spacial score (nSPS) is 17.8. The van der Waals surface area contributed by atoms with E-state index in [0.29, 0.717) is 19.3 Å². The summed E-state index contributed by atoms with van der Waals surface area (Å²) in [7, 11) is 4.17. The average molecular weight is 402 g/mol. The fraction of sp³-hybridized carbons (Fsp3) is 0.857. The second-order valence-electron chi connectivity index (χ2n) is 7.97. The lowest BCUT2D eigenvalue weighted by Gasteiger charge is -2.41. The Kier molecular flexibility index (Phi) is 12.0. The van der Waals surface area contributed by atoms with Crippen LogP contribution in [0.25, 0.3) is 0 Å². The van der Waals surface area contributed by atoms with Crippen LogP contribution in [-0.4, -0.2) is 62.3 Å². The Morgan fingerprint density at radius 2 is 0.786 bits per heavy atom. The van der Waals surface area contributed by atoms with E-state index in [2.05, 4.69) is 25.7 Å². The molecule has 0 aromatic rings. The summed E-state index contributed by atoms with van der Waals surface area (Å²) in [5, 5.41) is 0. The Balaban J connectivity index is 5.41. The largest absolute Gasteiger partial charge is 0.469 e. The molecule has 0 spiro atoms. The van der Waals surface area contributed by atoms with Gasteiger partial charge in [0.05, 0.1) is 39.1 Å². The smallest absolute Gasteiger partial charge is 0.308 e. The van der Waals surface area contributed by atoms with Gasteiger partial charge in [-0.1, -0.05) is 20.8 Å². The van der Waals surface area contributed by atoms with Gasteiger partial charge in [-0.25, -0.2) is 0 Å². The second kappa shape index (κ2) is 12.8. The highest BCUT2D eigenvalue weighted by Gasteiger charge is 2.32. The van der Waals surface area contributed by atoms with E-state index in [0.717, 1.165) is 0 Å². The topological polar surface area (TPSA) is 82.1 Å². The lowest BCUT2D eigenvalue weighted by atomic mass is 9.93. The third kappa shape index (κ3) is 8.17. The van der Waals surface area contributed by atoms with Gasteiger partial charge in [0.15, 0.2) is 0 Å². The van der Waals surface area contributed by atoms with E-state index >= 15 is 0 Å². The highest BCUT2D eigenvalue weighted by molar-refractivity contribution is 5.72. The summed E-state index contributed by atoms with van der Waals surface area (Å²) in [5.41, 5.74) is 0. The van der Waals surface area contributed by atoms with Crippen molar-refractivity contribution in [1.29, 1.82) is 0 Å². The van der Waals surface area contributed by atoms with Crippen LogP contribution >= 0.6 is 0 Å². The van der Waals surface area contributed by atoms with Crippen molar-refractivity contribution in [3.05, 3.63) is 0 Å². The first kappa shape index (κ1) is 26.4. The minimum Gasteiger partial charge on any atom is -0.469 e. The van der Waals surface area contributed by atoms with Gasteiger partial charge >= 0.3 is 17.9 Å². The molecule has 0 heterocycles. The van der Waals surface area contributed by atoms with Crippen molar-refractivity contribution in [1.82, 2.24) is 4.90 Å². The summed E-state index contributed by atoms with van der Waals surface area (Å²) < 4.78 is 14.6. The van der Waals surface area contributed by atoms with Gasteiger partial charge in [0, 0.05) is 18.1 Å². The van der Waals surface area contributed by atoms with Gasteiger partial charge in [-0.3, -0.25) is 19.3 Å². The number of carbonyl (C=O) groups excluding carboxylic acids is 3. The molecule has 0 saturated carbocycles. The van der Waals surface area contributed by atoms with Crippen molar-refractivity contribution in [2.24, 2.45) is 17.8 Å². The summed E-state index contributed by atoms with van der Waals surface area (Å²) in [5.74, 6) is -1.43. The van der Waals surface area contributed by atoms with Crippen LogP contribution < -0.4 is 0 Å². The zero-order chi connectivity index (χ0) is 22.0.